The first-order valence-corrected chi connectivity index (χ1v) is 5.05. The van der Waals surface area contributed by atoms with Gasteiger partial charge in [0.05, 0.1) is 6.61 Å². The molecule has 0 spiro atoms. The Morgan fingerprint density at radius 3 is 2.29 bits per heavy atom. The van der Waals surface area contributed by atoms with Crippen LogP contribution in [0.15, 0.2) is 0 Å². The summed E-state index contributed by atoms with van der Waals surface area (Å²) in [6.45, 7) is 3.58. The molecular weight excluding hydrogens is 182 g/mol. The van der Waals surface area contributed by atoms with Gasteiger partial charge in [0.25, 0.3) is 0 Å². The van der Waals surface area contributed by atoms with Crippen molar-refractivity contribution in [3.05, 3.63) is 0 Å². The Labute approximate surface area is 84.3 Å². The highest BCUT2D eigenvalue weighted by molar-refractivity contribution is 5.79. The van der Waals surface area contributed by atoms with Gasteiger partial charge in [-0.2, -0.15) is 0 Å². The third-order valence-electron chi connectivity index (χ3n) is 2.84. The monoisotopic (exact) mass is 201 g/mol. The van der Waals surface area contributed by atoms with E-state index in [4.69, 9.17) is 5.11 Å². The van der Waals surface area contributed by atoms with Crippen molar-refractivity contribution in [2.45, 2.75) is 50.6 Å². The number of aliphatic hydroxyl groups is 1. The molecule has 0 saturated heterocycles. The van der Waals surface area contributed by atoms with Crippen molar-refractivity contribution in [2.75, 3.05) is 6.61 Å². The van der Waals surface area contributed by atoms with Crippen LogP contribution in [-0.4, -0.2) is 33.9 Å². The largest absolute Gasteiger partial charge is 0.480 e. The zero-order valence-corrected chi connectivity index (χ0v) is 8.84. The first kappa shape index (κ1) is 11.5. The first-order chi connectivity index (χ1) is 6.42. The van der Waals surface area contributed by atoms with Gasteiger partial charge >= 0.3 is 5.97 Å². The Hall–Kier alpha value is -0.610. The number of nitrogens with one attached hydrogen (secondary N) is 1. The molecule has 82 valence electrons. The number of rotatable bonds is 4. The van der Waals surface area contributed by atoms with Gasteiger partial charge in [-0.1, -0.05) is 12.8 Å². The fourth-order valence-electron chi connectivity index (χ4n) is 2.06. The molecule has 1 aliphatic carbocycles. The van der Waals surface area contributed by atoms with Crippen LogP contribution < -0.4 is 5.32 Å². The summed E-state index contributed by atoms with van der Waals surface area (Å²) >= 11 is 0. The average Bonchev–Trinajstić information content (AvgIpc) is 2.53. The van der Waals surface area contributed by atoms with Gasteiger partial charge in [-0.05, 0) is 26.7 Å². The highest BCUT2D eigenvalue weighted by Gasteiger charge is 2.44. The summed E-state index contributed by atoms with van der Waals surface area (Å²) < 4.78 is 0. The number of hydrogen-bond donors (Lipinski definition) is 3. The van der Waals surface area contributed by atoms with E-state index in [1.54, 1.807) is 0 Å². The predicted octanol–water partition coefficient (Wildman–Crippen LogP) is 0.744. The van der Waals surface area contributed by atoms with Gasteiger partial charge in [0.2, 0.25) is 0 Å². The van der Waals surface area contributed by atoms with Gasteiger partial charge in [-0.15, -0.1) is 0 Å². The summed E-state index contributed by atoms with van der Waals surface area (Å²) in [5.74, 6) is -0.795. The van der Waals surface area contributed by atoms with Gasteiger partial charge in [-0.3, -0.25) is 10.1 Å². The molecule has 0 aromatic heterocycles. The zero-order chi connectivity index (χ0) is 10.8. The summed E-state index contributed by atoms with van der Waals surface area (Å²) in [5.41, 5.74) is -1.34. The first-order valence-electron chi connectivity index (χ1n) is 5.05. The Bertz CT molecular complexity index is 219. The van der Waals surface area contributed by atoms with Crippen LogP contribution in [0, 0.1) is 0 Å². The molecule has 1 fully saturated rings. The average molecular weight is 201 g/mol. The van der Waals surface area contributed by atoms with Crippen molar-refractivity contribution in [1.29, 1.82) is 0 Å². The third-order valence-corrected chi connectivity index (χ3v) is 2.84. The number of carbonyl (C=O) groups is 1. The fourth-order valence-corrected chi connectivity index (χ4v) is 2.06. The van der Waals surface area contributed by atoms with Crippen LogP contribution >= 0.6 is 0 Å². The van der Waals surface area contributed by atoms with Crippen LogP contribution in [0.3, 0.4) is 0 Å². The minimum absolute atomic E-state index is 0.0535. The van der Waals surface area contributed by atoms with E-state index in [0.29, 0.717) is 12.8 Å². The highest BCUT2D eigenvalue weighted by Crippen LogP contribution is 2.31. The van der Waals surface area contributed by atoms with Crippen LogP contribution in [0.5, 0.6) is 0 Å². The predicted molar refractivity (Wildman–Crippen MR) is 53.1 cm³/mol. The maximum absolute atomic E-state index is 11.2. The molecule has 0 amide bonds. The molecule has 0 aliphatic heterocycles. The number of carboxylic acids is 1. The fraction of sp³-hybridized carbons (Fsp3) is 0.900. The lowest BCUT2D eigenvalue weighted by Crippen LogP contribution is -2.59. The van der Waals surface area contributed by atoms with E-state index >= 15 is 0 Å². The molecule has 0 heterocycles. The van der Waals surface area contributed by atoms with E-state index in [-0.39, 0.29) is 6.61 Å². The maximum Gasteiger partial charge on any atom is 0.323 e. The van der Waals surface area contributed by atoms with Gasteiger partial charge in [0.1, 0.15) is 5.54 Å². The maximum atomic E-state index is 11.2. The van der Waals surface area contributed by atoms with Gasteiger partial charge < -0.3 is 10.2 Å². The van der Waals surface area contributed by atoms with E-state index in [0.717, 1.165) is 12.8 Å². The molecule has 0 atom stereocenters. The number of aliphatic hydroxyl groups excluding tert-OH is 1. The third kappa shape index (κ3) is 2.25. The number of aliphatic carboxylic acids is 1. The molecule has 4 nitrogen and oxygen atoms in total. The lowest BCUT2D eigenvalue weighted by Gasteiger charge is -2.35. The van der Waals surface area contributed by atoms with E-state index in [2.05, 4.69) is 5.32 Å². The lowest BCUT2D eigenvalue weighted by molar-refractivity contribution is -0.145. The Balaban J connectivity index is 2.75. The second-order valence-electron chi connectivity index (χ2n) is 4.76. The van der Waals surface area contributed by atoms with Crippen molar-refractivity contribution in [2.24, 2.45) is 0 Å². The molecule has 4 heteroatoms. The molecule has 0 aromatic carbocycles. The van der Waals surface area contributed by atoms with Crippen LogP contribution in [0.25, 0.3) is 0 Å². The number of hydrogen-bond acceptors (Lipinski definition) is 3. The molecule has 0 radical (unpaired) electrons. The molecule has 1 saturated carbocycles. The Kier molecular flexibility index (Phi) is 3.17. The Morgan fingerprint density at radius 1 is 1.43 bits per heavy atom. The van der Waals surface area contributed by atoms with Crippen LogP contribution in [0.1, 0.15) is 39.5 Å². The zero-order valence-electron chi connectivity index (χ0n) is 8.84. The van der Waals surface area contributed by atoms with Gasteiger partial charge in [0, 0.05) is 5.54 Å². The molecule has 0 aromatic rings. The van der Waals surface area contributed by atoms with E-state index in [1.165, 1.54) is 0 Å². The lowest BCUT2D eigenvalue weighted by atomic mass is 9.93. The smallest absolute Gasteiger partial charge is 0.323 e. The van der Waals surface area contributed by atoms with Crippen molar-refractivity contribution >= 4 is 5.97 Å². The molecule has 14 heavy (non-hydrogen) atoms. The summed E-state index contributed by atoms with van der Waals surface area (Å²) in [6.07, 6.45) is 3.21. The molecule has 1 rings (SSSR count). The standard InChI is InChI=1S/C10H19NO3/c1-9(2,7-12)11-10(8(13)14)5-3-4-6-10/h11-12H,3-7H2,1-2H3,(H,13,14). The molecule has 0 bridgehead atoms. The summed E-state index contributed by atoms with van der Waals surface area (Å²) in [6, 6.07) is 0. The van der Waals surface area contributed by atoms with Crippen molar-refractivity contribution in [3.8, 4) is 0 Å². The van der Waals surface area contributed by atoms with E-state index in [1.807, 2.05) is 13.8 Å². The van der Waals surface area contributed by atoms with Gasteiger partial charge in [0.15, 0.2) is 0 Å². The summed E-state index contributed by atoms with van der Waals surface area (Å²) in [7, 11) is 0. The van der Waals surface area contributed by atoms with Crippen LogP contribution in [0.4, 0.5) is 0 Å². The van der Waals surface area contributed by atoms with Crippen LogP contribution in [-0.2, 0) is 4.79 Å². The molecule has 3 N–H and O–H groups in total. The van der Waals surface area contributed by atoms with Crippen molar-refractivity contribution < 1.29 is 15.0 Å². The second-order valence-corrected chi connectivity index (χ2v) is 4.76. The minimum Gasteiger partial charge on any atom is -0.480 e. The summed E-state index contributed by atoms with van der Waals surface area (Å²) in [5, 5.41) is 21.3. The topological polar surface area (TPSA) is 69.6 Å². The quantitative estimate of drug-likeness (QED) is 0.627. The highest BCUT2D eigenvalue weighted by atomic mass is 16.4. The molecule has 0 unspecified atom stereocenters. The van der Waals surface area contributed by atoms with E-state index < -0.39 is 17.0 Å². The SMILES string of the molecule is CC(C)(CO)NC1(C(=O)O)CCCC1. The van der Waals surface area contributed by atoms with Crippen molar-refractivity contribution in [3.63, 3.8) is 0 Å². The summed E-state index contributed by atoms with van der Waals surface area (Å²) in [4.78, 5) is 11.2. The van der Waals surface area contributed by atoms with Crippen molar-refractivity contribution in [1.82, 2.24) is 5.32 Å². The van der Waals surface area contributed by atoms with Gasteiger partial charge in [-0.25, -0.2) is 0 Å². The molecular formula is C10H19NO3. The minimum atomic E-state index is -0.813. The molecule has 1 aliphatic rings. The Morgan fingerprint density at radius 2 is 1.93 bits per heavy atom. The second kappa shape index (κ2) is 3.87. The van der Waals surface area contributed by atoms with Crippen LogP contribution in [0.2, 0.25) is 0 Å². The number of carboxylic acid groups (broad SMARTS) is 1. The van der Waals surface area contributed by atoms with E-state index in [9.17, 15) is 9.90 Å². The normalized spacial score (nSPS) is 21.1.